The lowest BCUT2D eigenvalue weighted by Crippen LogP contribution is -2.38. The molecular weight excluding hydrogens is 510 g/mol. The number of esters is 1. The average molecular weight is 542 g/mol. The molecule has 2 aromatic carbocycles. The summed E-state index contributed by atoms with van der Waals surface area (Å²) in [6, 6.07) is 18.4. The number of thiophene rings is 1. The molecule has 1 atom stereocenters. The molecule has 0 bridgehead atoms. The van der Waals surface area contributed by atoms with Crippen molar-refractivity contribution >= 4 is 29.0 Å². The van der Waals surface area contributed by atoms with Crippen molar-refractivity contribution in [1.82, 2.24) is 9.47 Å². The molecule has 0 spiro atoms. The predicted molar refractivity (Wildman–Crippen MR) is 152 cm³/mol. The van der Waals surface area contributed by atoms with E-state index in [0.29, 0.717) is 17.8 Å². The van der Waals surface area contributed by atoms with Gasteiger partial charge in [0.25, 0.3) is 0 Å². The minimum atomic E-state index is -0.461. The molecule has 6 rings (SSSR count). The van der Waals surface area contributed by atoms with Gasteiger partial charge in [-0.15, -0.1) is 11.3 Å². The van der Waals surface area contributed by atoms with Crippen molar-refractivity contribution in [3.05, 3.63) is 99.7 Å². The highest BCUT2D eigenvalue weighted by Crippen LogP contribution is 2.44. The van der Waals surface area contributed by atoms with Crippen molar-refractivity contribution in [1.29, 1.82) is 0 Å². The van der Waals surface area contributed by atoms with Crippen LogP contribution in [0.5, 0.6) is 5.75 Å². The van der Waals surface area contributed by atoms with Gasteiger partial charge in [0.2, 0.25) is 0 Å². The Morgan fingerprint density at radius 2 is 1.87 bits per heavy atom. The summed E-state index contributed by atoms with van der Waals surface area (Å²) in [5, 5.41) is 4.24. The molecule has 2 aromatic heterocycles. The number of carbonyl (C=O) groups excluding carboxylic acids is 2. The largest absolute Gasteiger partial charge is 0.497 e. The molecule has 0 fully saturated rings. The molecule has 1 aliphatic heterocycles. The fourth-order valence-corrected chi connectivity index (χ4v) is 7.12. The zero-order chi connectivity index (χ0) is 26.9. The number of rotatable bonds is 5. The number of ether oxygens (including phenoxy) is 2. The first-order valence-electron chi connectivity index (χ1n) is 13.4. The smallest absolute Gasteiger partial charge is 0.340 e. The van der Waals surface area contributed by atoms with Crippen LogP contribution in [0.2, 0.25) is 0 Å². The van der Waals surface area contributed by atoms with Gasteiger partial charge in [0.1, 0.15) is 10.8 Å². The Morgan fingerprint density at radius 3 is 2.72 bits per heavy atom. The second-order valence-electron chi connectivity index (χ2n) is 9.80. The number of urea groups is 1. The number of methoxy groups -OCH3 is 1. The molecule has 200 valence electrons. The van der Waals surface area contributed by atoms with Crippen LogP contribution in [0.1, 0.15) is 63.4 Å². The van der Waals surface area contributed by atoms with Gasteiger partial charge in [0.05, 0.1) is 43.2 Å². The number of hydrogen-bond acceptors (Lipinski definition) is 5. The number of para-hydroxylation sites is 1. The van der Waals surface area contributed by atoms with E-state index >= 15 is 0 Å². The molecule has 8 heteroatoms. The maximum absolute atomic E-state index is 14.2. The summed E-state index contributed by atoms with van der Waals surface area (Å²) in [6.45, 7) is 2.48. The van der Waals surface area contributed by atoms with Gasteiger partial charge in [-0.2, -0.15) is 0 Å². The number of benzene rings is 2. The van der Waals surface area contributed by atoms with Crippen LogP contribution in [0.25, 0.3) is 5.00 Å². The van der Waals surface area contributed by atoms with E-state index in [1.807, 2.05) is 46.6 Å². The number of anilines is 1. The van der Waals surface area contributed by atoms with Gasteiger partial charge in [-0.05, 0) is 80.1 Å². The predicted octanol–water partition coefficient (Wildman–Crippen LogP) is 6.74. The third-order valence-corrected chi connectivity index (χ3v) is 8.85. The molecule has 2 amide bonds. The Balaban J connectivity index is 1.47. The molecule has 0 saturated heterocycles. The third kappa shape index (κ3) is 4.59. The summed E-state index contributed by atoms with van der Waals surface area (Å²) < 4.78 is 13.0. The molecule has 1 aliphatic carbocycles. The van der Waals surface area contributed by atoms with Crippen LogP contribution < -0.4 is 10.1 Å². The summed E-state index contributed by atoms with van der Waals surface area (Å²) in [6.07, 6.45) is 6.57. The maximum Gasteiger partial charge on any atom is 0.340 e. The van der Waals surface area contributed by atoms with Crippen molar-refractivity contribution in [2.24, 2.45) is 0 Å². The minimum Gasteiger partial charge on any atom is -0.497 e. The lowest BCUT2D eigenvalue weighted by Gasteiger charge is -2.31. The molecule has 3 heterocycles. The van der Waals surface area contributed by atoms with Gasteiger partial charge in [0.15, 0.2) is 0 Å². The minimum absolute atomic E-state index is 0.258. The first-order valence-corrected chi connectivity index (χ1v) is 14.2. The van der Waals surface area contributed by atoms with Crippen molar-refractivity contribution in [2.75, 3.05) is 19.0 Å². The van der Waals surface area contributed by atoms with Gasteiger partial charge in [-0.25, -0.2) is 9.59 Å². The number of carbonyl (C=O) groups is 2. The fraction of sp³-hybridized carbons (Fsp3) is 0.290. The second kappa shape index (κ2) is 10.6. The van der Waals surface area contributed by atoms with E-state index in [2.05, 4.69) is 22.1 Å². The third-order valence-electron chi connectivity index (χ3n) is 7.51. The first kappa shape index (κ1) is 25.2. The van der Waals surface area contributed by atoms with E-state index in [0.717, 1.165) is 36.3 Å². The van der Waals surface area contributed by atoms with E-state index in [9.17, 15) is 9.59 Å². The first-order chi connectivity index (χ1) is 19.1. The number of hydrogen-bond donors (Lipinski definition) is 1. The standard InChI is InChI=1S/C31H31N3O4S/c1-3-38-30(35)23-13-4-6-14-25(23)32-31(36)34-19-24-22-12-5-7-16-27(22)39-29(24)33-17-9-15-26(33)28(34)20-10-8-11-21(18-20)37-2/h4,6,8-11,13-15,17-18,28H,3,5,7,12,16,19H2,1-2H3,(H,32,36)/t28-/m1/s1. The SMILES string of the molecule is CCOC(=O)c1ccccc1NC(=O)N1Cc2c(sc3c2CCCC3)-n2cccc2[C@H]1c1cccc(OC)c1. The maximum atomic E-state index is 14.2. The highest BCUT2D eigenvalue weighted by Gasteiger charge is 2.36. The monoisotopic (exact) mass is 541 g/mol. The highest BCUT2D eigenvalue weighted by atomic mass is 32.1. The lowest BCUT2D eigenvalue weighted by molar-refractivity contribution is 0.0527. The zero-order valence-corrected chi connectivity index (χ0v) is 22.9. The zero-order valence-electron chi connectivity index (χ0n) is 22.1. The van der Waals surface area contributed by atoms with Gasteiger partial charge in [-0.3, -0.25) is 0 Å². The van der Waals surface area contributed by atoms with E-state index < -0.39 is 5.97 Å². The van der Waals surface area contributed by atoms with Crippen LogP contribution in [0.4, 0.5) is 10.5 Å². The summed E-state index contributed by atoms with van der Waals surface area (Å²) in [5.41, 5.74) is 5.32. The number of aryl methyl sites for hydroxylation is 1. The Hall–Kier alpha value is -4.04. The fourth-order valence-electron chi connectivity index (χ4n) is 5.71. The average Bonchev–Trinajstić information content (AvgIpc) is 3.55. The number of aromatic nitrogens is 1. The lowest BCUT2D eigenvalue weighted by atomic mass is 9.95. The second-order valence-corrected chi connectivity index (χ2v) is 10.9. The van der Waals surface area contributed by atoms with Crippen LogP contribution >= 0.6 is 11.3 Å². The van der Waals surface area contributed by atoms with Crippen molar-refractivity contribution in [2.45, 2.75) is 45.2 Å². The summed E-state index contributed by atoms with van der Waals surface area (Å²) >= 11 is 1.85. The van der Waals surface area contributed by atoms with Crippen LogP contribution in [0.3, 0.4) is 0 Å². The highest BCUT2D eigenvalue weighted by molar-refractivity contribution is 7.15. The Kier molecular flexibility index (Phi) is 6.87. The van der Waals surface area contributed by atoms with Crippen LogP contribution in [-0.2, 0) is 24.1 Å². The Bertz CT molecular complexity index is 1540. The molecule has 39 heavy (non-hydrogen) atoms. The Morgan fingerprint density at radius 1 is 1.03 bits per heavy atom. The normalized spacial score (nSPS) is 15.9. The Labute approximate surface area is 232 Å². The van der Waals surface area contributed by atoms with Crippen molar-refractivity contribution in [3.8, 4) is 10.8 Å². The number of nitrogens with zero attached hydrogens (tertiary/aromatic N) is 2. The van der Waals surface area contributed by atoms with Crippen molar-refractivity contribution < 1.29 is 19.1 Å². The summed E-state index contributed by atoms with van der Waals surface area (Å²) in [5.74, 6) is 0.270. The molecule has 0 radical (unpaired) electrons. The van der Waals surface area contributed by atoms with Gasteiger partial charge in [0, 0.05) is 16.6 Å². The molecule has 4 aromatic rings. The molecule has 0 saturated carbocycles. The van der Waals surface area contributed by atoms with Crippen LogP contribution in [0.15, 0.2) is 66.9 Å². The van der Waals surface area contributed by atoms with Gasteiger partial charge in [-0.1, -0.05) is 24.3 Å². The summed E-state index contributed by atoms with van der Waals surface area (Å²) in [4.78, 5) is 30.2. The van der Waals surface area contributed by atoms with Gasteiger partial charge >= 0.3 is 12.0 Å². The van der Waals surface area contributed by atoms with Crippen molar-refractivity contribution in [3.63, 3.8) is 0 Å². The number of amides is 2. The molecule has 2 aliphatic rings. The number of fused-ring (bicyclic) bond motifs is 5. The quantitative estimate of drug-likeness (QED) is 0.284. The molecule has 7 nitrogen and oxygen atoms in total. The van der Waals surface area contributed by atoms with E-state index in [1.165, 1.54) is 27.4 Å². The van der Waals surface area contributed by atoms with Crippen LogP contribution in [0, 0.1) is 0 Å². The topological polar surface area (TPSA) is 72.8 Å². The van der Waals surface area contributed by atoms with E-state index in [-0.39, 0.29) is 18.7 Å². The molecular formula is C31H31N3O4S. The molecule has 1 N–H and O–H groups in total. The van der Waals surface area contributed by atoms with E-state index in [1.54, 1.807) is 38.3 Å². The molecule has 0 unspecified atom stereocenters. The van der Waals surface area contributed by atoms with Gasteiger partial charge < -0.3 is 24.3 Å². The number of nitrogens with one attached hydrogen (secondary N) is 1. The van der Waals surface area contributed by atoms with E-state index in [4.69, 9.17) is 9.47 Å². The van der Waals surface area contributed by atoms with Crippen LogP contribution in [-0.4, -0.2) is 35.2 Å². The summed E-state index contributed by atoms with van der Waals surface area (Å²) in [7, 11) is 1.65.